The largest absolute Gasteiger partial charge is 0.392 e. The fraction of sp³-hybridized carbons (Fsp3) is 0.455. The molecular formula is C22H30N2O. The van der Waals surface area contributed by atoms with Crippen molar-refractivity contribution in [3.8, 4) is 0 Å². The molecule has 1 aliphatic heterocycles. The van der Waals surface area contributed by atoms with E-state index in [-0.39, 0.29) is 6.10 Å². The van der Waals surface area contributed by atoms with Gasteiger partial charge in [0.25, 0.3) is 0 Å². The quantitative estimate of drug-likeness (QED) is 0.836. The van der Waals surface area contributed by atoms with E-state index in [9.17, 15) is 5.11 Å². The van der Waals surface area contributed by atoms with Crippen LogP contribution in [0.4, 0.5) is 5.69 Å². The Balaban J connectivity index is 1.47. The van der Waals surface area contributed by atoms with Gasteiger partial charge in [-0.25, -0.2) is 0 Å². The number of para-hydroxylation sites is 1. The van der Waals surface area contributed by atoms with Crippen LogP contribution in [0.2, 0.25) is 0 Å². The molecule has 0 spiro atoms. The lowest BCUT2D eigenvalue weighted by molar-refractivity contribution is 0.0926. The molecule has 1 heterocycles. The first kappa shape index (κ1) is 18.0. The summed E-state index contributed by atoms with van der Waals surface area (Å²) in [5, 5.41) is 10.4. The van der Waals surface area contributed by atoms with Crippen LogP contribution >= 0.6 is 0 Å². The van der Waals surface area contributed by atoms with Gasteiger partial charge in [0.15, 0.2) is 0 Å². The van der Waals surface area contributed by atoms with Gasteiger partial charge in [-0.15, -0.1) is 0 Å². The molecule has 25 heavy (non-hydrogen) atoms. The predicted molar refractivity (Wildman–Crippen MR) is 105 cm³/mol. The fourth-order valence-corrected chi connectivity index (χ4v) is 3.74. The maximum Gasteiger partial charge on any atom is 0.0670 e. The lowest BCUT2D eigenvalue weighted by Gasteiger charge is -2.39. The van der Waals surface area contributed by atoms with Crippen LogP contribution in [0.15, 0.2) is 60.7 Å². The molecule has 0 bridgehead atoms. The van der Waals surface area contributed by atoms with Crippen molar-refractivity contribution in [3.63, 3.8) is 0 Å². The maximum absolute atomic E-state index is 10.4. The van der Waals surface area contributed by atoms with Crippen molar-refractivity contribution in [1.29, 1.82) is 0 Å². The van der Waals surface area contributed by atoms with Gasteiger partial charge < -0.3 is 10.0 Å². The third-order valence-corrected chi connectivity index (χ3v) is 5.25. The zero-order valence-electron chi connectivity index (χ0n) is 15.2. The highest BCUT2D eigenvalue weighted by Gasteiger charge is 2.24. The van der Waals surface area contributed by atoms with Gasteiger partial charge in [-0.2, -0.15) is 0 Å². The van der Waals surface area contributed by atoms with Gasteiger partial charge in [0, 0.05) is 31.4 Å². The van der Waals surface area contributed by atoms with Crippen molar-refractivity contribution in [3.05, 3.63) is 66.2 Å². The van der Waals surface area contributed by atoms with Gasteiger partial charge in [-0.1, -0.05) is 48.5 Å². The number of hydrogen-bond donors (Lipinski definition) is 1. The summed E-state index contributed by atoms with van der Waals surface area (Å²) in [6.07, 6.45) is 3.92. The molecule has 0 amide bonds. The SMILES string of the molecule is CN(CC(O)CCc1ccccc1)C1CCCN(c2ccccc2)C1. The van der Waals surface area contributed by atoms with Crippen LogP contribution in [0.1, 0.15) is 24.8 Å². The summed E-state index contributed by atoms with van der Waals surface area (Å²) in [5.41, 5.74) is 2.61. The molecule has 1 saturated heterocycles. The topological polar surface area (TPSA) is 26.7 Å². The lowest BCUT2D eigenvalue weighted by Crippen LogP contribution is -2.48. The molecule has 0 radical (unpaired) electrons. The third kappa shape index (κ3) is 5.32. The molecule has 3 nitrogen and oxygen atoms in total. The Morgan fingerprint density at radius 2 is 1.76 bits per heavy atom. The molecule has 0 aromatic heterocycles. The minimum Gasteiger partial charge on any atom is -0.392 e. The first-order chi connectivity index (χ1) is 12.2. The lowest BCUT2D eigenvalue weighted by atomic mass is 10.0. The number of hydrogen-bond acceptors (Lipinski definition) is 3. The van der Waals surface area contributed by atoms with Gasteiger partial charge in [0.2, 0.25) is 0 Å². The number of piperidine rings is 1. The Kier molecular flexibility index (Phi) is 6.48. The molecule has 3 rings (SSSR count). The number of aryl methyl sites for hydroxylation is 1. The van der Waals surface area contributed by atoms with Gasteiger partial charge in [0.1, 0.15) is 0 Å². The second kappa shape index (κ2) is 9.02. The number of aliphatic hydroxyl groups excluding tert-OH is 1. The third-order valence-electron chi connectivity index (χ3n) is 5.25. The highest BCUT2D eigenvalue weighted by Crippen LogP contribution is 2.22. The van der Waals surface area contributed by atoms with E-state index in [2.05, 4.69) is 71.4 Å². The smallest absolute Gasteiger partial charge is 0.0670 e. The average molecular weight is 338 g/mol. The summed E-state index contributed by atoms with van der Waals surface area (Å²) in [7, 11) is 2.16. The van der Waals surface area contributed by atoms with Crippen molar-refractivity contribution in [2.45, 2.75) is 37.8 Å². The minimum absolute atomic E-state index is 0.266. The number of aliphatic hydroxyl groups is 1. The van der Waals surface area contributed by atoms with Crippen LogP contribution in [0.25, 0.3) is 0 Å². The van der Waals surface area contributed by atoms with Gasteiger partial charge in [-0.3, -0.25) is 4.90 Å². The second-order valence-electron chi connectivity index (χ2n) is 7.20. The highest BCUT2D eigenvalue weighted by atomic mass is 16.3. The van der Waals surface area contributed by atoms with E-state index < -0.39 is 0 Å². The summed E-state index contributed by atoms with van der Waals surface area (Å²) in [6.45, 7) is 2.93. The molecule has 0 saturated carbocycles. The van der Waals surface area contributed by atoms with Crippen molar-refractivity contribution in [2.75, 3.05) is 31.6 Å². The molecule has 3 heteroatoms. The second-order valence-corrected chi connectivity index (χ2v) is 7.20. The molecule has 1 fully saturated rings. The predicted octanol–water partition coefficient (Wildman–Crippen LogP) is 3.58. The van der Waals surface area contributed by atoms with Crippen molar-refractivity contribution < 1.29 is 5.11 Å². The minimum atomic E-state index is -0.266. The molecule has 2 unspecified atom stereocenters. The molecule has 134 valence electrons. The molecule has 2 aromatic carbocycles. The van der Waals surface area contributed by atoms with Gasteiger partial charge in [0.05, 0.1) is 6.10 Å². The monoisotopic (exact) mass is 338 g/mol. The van der Waals surface area contributed by atoms with E-state index >= 15 is 0 Å². The summed E-state index contributed by atoms with van der Waals surface area (Å²) in [5.74, 6) is 0. The van der Waals surface area contributed by atoms with E-state index in [4.69, 9.17) is 0 Å². The number of anilines is 1. The van der Waals surface area contributed by atoms with Crippen LogP contribution in [0.3, 0.4) is 0 Å². The van der Waals surface area contributed by atoms with Crippen molar-refractivity contribution in [2.24, 2.45) is 0 Å². The van der Waals surface area contributed by atoms with E-state index in [0.29, 0.717) is 6.04 Å². The van der Waals surface area contributed by atoms with Crippen molar-refractivity contribution in [1.82, 2.24) is 4.90 Å². The number of rotatable bonds is 7. The number of likely N-dealkylation sites (N-methyl/N-ethyl adjacent to an activating group) is 1. The first-order valence-corrected chi connectivity index (χ1v) is 9.44. The molecule has 1 N–H and O–H groups in total. The fourth-order valence-electron chi connectivity index (χ4n) is 3.74. The molecule has 2 aromatic rings. The van der Waals surface area contributed by atoms with Crippen LogP contribution in [-0.2, 0) is 6.42 Å². The van der Waals surface area contributed by atoms with E-state index in [1.807, 2.05) is 6.07 Å². The number of benzene rings is 2. The van der Waals surface area contributed by atoms with Crippen LogP contribution in [0.5, 0.6) is 0 Å². The highest BCUT2D eigenvalue weighted by molar-refractivity contribution is 5.46. The van der Waals surface area contributed by atoms with E-state index in [1.165, 1.54) is 24.1 Å². The summed E-state index contributed by atoms with van der Waals surface area (Å²) >= 11 is 0. The summed E-state index contributed by atoms with van der Waals surface area (Å²) < 4.78 is 0. The zero-order chi connectivity index (χ0) is 17.5. The zero-order valence-corrected chi connectivity index (χ0v) is 15.2. The van der Waals surface area contributed by atoms with Gasteiger partial charge in [-0.05, 0) is 50.4 Å². The maximum atomic E-state index is 10.4. The van der Waals surface area contributed by atoms with Gasteiger partial charge >= 0.3 is 0 Å². The molecule has 2 atom stereocenters. The Labute approximate surface area is 151 Å². The Hall–Kier alpha value is -1.84. The van der Waals surface area contributed by atoms with Crippen LogP contribution < -0.4 is 4.90 Å². The first-order valence-electron chi connectivity index (χ1n) is 9.44. The van der Waals surface area contributed by atoms with Crippen molar-refractivity contribution >= 4 is 5.69 Å². The van der Waals surface area contributed by atoms with Crippen LogP contribution in [0, 0.1) is 0 Å². The Morgan fingerprint density at radius 1 is 1.08 bits per heavy atom. The molecule has 0 aliphatic carbocycles. The van der Waals surface area contributed by atoms with E-state index in [0.717, 1.165) is 32.5 Å². The Morgan fingerprint density at radius 3 is 2.48 bits per heavy atom. The summed E-state index contributed by atoms with van der Waals surface area (Å²) in [6, 6.07) is 21.6. The standard InChI is InChI=1S/C22H30N2O/c1-23(18-22(25)15-14-19-9-4-2-5-10-19)21-13-8-16-24(17-21)20-11-6-3-7-12-20/h2-7,9-12,21-22,25H,8,13-18H2,1H3. The normalized spacial score (nSPS) is 19.2. The average Bonchev–Trinajstić information content (AvgIpc) is 2.68. The Bertz CT molecular complexity index is 616. The molecule has 1 aliphatic rings. The number of nitrogens with zero attached hydrogens (tertiary/aromatic N) is 2. The summed E-state index contributed by atoms with van der Waals surface area (Å²) in [4.78, 5) is 4.83. The molecular weight excluding hydrogens is 308 g/mol. The van der Waals surface area contributed by atoms with E-state index in [1.54, 1.807) is 0 Å². The van der Waals surface area contributed by atoms with Crippen LogP contribution in [-0.4, -0.2) is 48.8 Å².